The number of fused-ring (bicyclic) bond motifs is 1. The number of aromatic nitrogens is 1. The molecular formula is C31H29N3O3S. The Hall–Kier alpha value is -4.20. The van der Waals surface area contributed by atoms with Crippen LogP contribution in [0, 0.1) is 0 Å². The molecule has 0 aliphatic rings. The van der Waals surface area contributed by atoms with E-state index in [9.17, 15) is 8.42 Å². The maximum absolute atomic E-state index is 11.4. The number of para-hydroxylation sites is 1. The predicted octanol–water partition coefficient (Wildman–Crippen LogP) is 6.57. The normalized spacial score (nSPS) is 11.4. The molecule has 0 fully saturated rings. The van der Waals surface area contributed by atoms with Crippen molar-refractivity contribution in [2.24, 2.45) is 0 Å². The number of hydrogen-bond acceptors (Lipinski definition) is 6. The second-order valence-electron chi connectivity index (χ2n) is 9.16. The SMILES string of the molecule is CS(=O)(=O)CCNCc1cccc(-c2ccc3nccc(Nc4ccc(Oc5ccccc5)cc4)c3c2)c1. The van der Waals surface area contributed by atoms with Crippen LogP contribution in [-0.4, -0.2) is 32.0 Å². The maximum atomic E-state index is 11.4. The molecule has 1 heterocycles. The Bertz CT molecular complexity index is 1640. The monoisotopic (exact) mass is 523 g/mol. The fraction of sp³-hybridized carbons (Fsp3) is 0.129. The summed E-state index contributed by atoms with van der Waals surface area (Å²) in [5, 5.41) is 7.75. The van der Waals surface area contributed by atoms with E-state index in [1.807, 2.05) is 78.9 Å². The standard InChI is InChI=1S/C31H29N3O3S/c1-38(35,36)19-18-32-22-23-6-5-7-24(20-23)25-10-15-30-29(21-25)31(16-17-33-30)34-26-11-13-28(14-12-26)37-27-8-3-2-4-9-27/h2-17,20-21,32H,18-19,22H2,1H3,(H,33,34). The van der Waals surface area contributed by atoms with Crippen molar-refractivity contribution in [2.45, 2.75) is 6.54 Å². The van der Waals surface area contributed by atoms with Crippen molar-refractivity contribution in [1.82, 2.24) is 10.3 Å². The number of nitrogens with zero attached hydrogens (tertiary/aromatic N) is 1. The molecule has 0 saturated heterocycles. The summed E-state index contributed by atoms with van der Waals surface area (Å²) < 4.78 is 28.6. The minimum absolute atomic E-state index is 0.128. The second kappa shape index (κ2) is 11.5. The molecule has 0 amide bonds. The fourth-order valence-electron chi connectivity index (χ4n) is 4.17. The van der Waals surface area contributed by atoms with Gasteiger partial charge >= 0.3 is 0 Å². The molecule has 6 nitrogen and oxygen atoms in total. The van der Waals surface area contributed by atoms with Gasteiger partial charge in [-0.25, -0.2) is 8.42 Å². The van der Waals surface area contributed by atoms with Gasteiger partial charge in [0.1, 0.15) is 21.3 Å². The van der Waals surface area contributed by atoms with Gasteiger partial charge in [-0.15, -0.1) is 0 Å². The Morgan fingerprint density at radius 3 is 2.34 bits per heavy atom. The van der Waals surface area contributed by atoms with Crippen molar-refractivity contribution >= 4 is 32.1 Å². The fourth-order valence-corrected chi connectivity index (χ4v) is 4.69. The van der Waals surface area contributed by atoms with Crippen LogP contribution >= 0.6 is 0 Å². The summed E-state index contributed by atoms with van der Waals surface area (Å²) >= 11 is 0. The van der Waals surface area contributed by atoms with E-state index in [2.05, 4.69) is 39.9 Å². The third-order valence-corrected chi connectivity index (χ3v) is 7.04. The van der Waals surface area contributed by atoms with Crippen molar-refractivity contribution in [2.75, 3.05) is 23.9 Å². The van der Waals surface area contributed by atoms with E-state index in [1.165, 1.54) is 6.26 Å². The summed E-state index contributed by atoms with van der Waals surface area (Å²) in [6, 6.07) is 34.1. The van der Waals surface area contributed by atoms with Crippen LogP contribution in [0.15, 0.2) is 109 Å². The van der Waals surface area contributed by atoms with Crippen LogP contribution in [0.3, 0.4) is 0 Å². The molecule has 0 aliphatic carbocycles. The summed E-state index contributed by atoms with van der Waals surface area (Å²) in [5.41, 5.74) is 6.09. The third kappa shape index (κ3) is 6.76. The highest BCUT2D eigenvalue weighted by atomic mass is 32.2. The van der Waals surface area contributed by atoms with Crippen LogP contribution in [0.25, 0.3) is 22.0 Å². The number of sulfone groups is 1. The topological polar surface area (TPSA) is 80.3 Å². The molecule has 5 aromatic rings. The zero-order valence-electron chi connectivity index (χ0n) is 21.1. The third-order valence-electron chi connectivity index (χ3n) is 6.09. The van der Waals surface area contributed by atoms with Gasteiger partial charge in [0.25, 0.3) is 0 Å². The summed E-state index contributed by atoms with van der Waals surface area (Å²) in [6.07, 6.45) is 3.06. The number of pyridine rings is 1. The molecule has 2 N–H and O–H groups in total. The van der Waals surface area contributed by atoms with E-state index in [0.29, 0.717) is 13.1 Å². The van der Waals surface area contributed by atoms with Gasteiger partial charge in [-0.05, 0) is 77.4 Å². The van der Waals surface area contributed by atoms with Crippen LogP contribution < -0.4 is 15.4 Å². The Morgan fingerprint density at radius 1 is 0.789 bits per heavy atom. The molecule has 0 atom stereocenters. The highest BCUT2D eigenvalue weighted by Crippen LogP contribution is 2.31. The van der Waals surface area contributed by atoms with Crippen molar-refractivity contribution in [3.05, 3.63) is 115 Å². The van der Waals surface area contributed by atoms with E-state index in [-0.39, 0.29) is 5.75 Å². The van der Waals surface area contributed by atoms with Crippen molar-refractivity contribution in [1.29, 1.82) is 0 Å². The van der Waals surface area contributed by atoms with Crippen LogP contribution in [0.4, 0.5) is 11.4 Å². The average Bonchev–Trinajstić information content (AvgIpc) is 2.92. The van der Waals surface area contributed by atoms with Crippen LogP contribution in [-0.2, 0) is 16.4 Å². The molecule has 0 bridgehead atoms. The lowest BCUT2D eigenvalue weighted by molar-refractivity contribution is 0.483. The summed E-state index contributed by atoms with van der Waals surface area (Å²) in [6.45, 7) is 1.04. The first-order chi connectivity index (χ1) is 18.4. The summed E-state index contributed by atoms with van der Waals surface area (Å²) in [4.78, 5) is 4.55. The number of ether oxygens (including phenoxy) is 1. The number of rotatable bonds is 10. The van der Waals surface area contributed by atoms with E-state index in [1.54, 1.807) is 6.20 Å². The van der Waals surface area contributed by atoms with Gasteiger partial charge in [-0.3, -0.25) is 4.98 Å². The van der Waals surface area contributed by atoms with E-state index >= 15 is 0 Å². The lowest BCUT2D eigenvalue weighted by Gasteiger charge is -2.12. The van der Waals surface area contributed by atoms with Gasteiger partial charge < -0.3 is 15.4 Å². The Balaban J connectivity index is 1.33. The lowest BCUT2D eigenvalue weighted by Crippen LogP contribution is -2.21. The molecule has 192 valence electrons. The van der Waals surface area contributed by atoms with Gasteiger partial charge in [0.05, 0.1) is 11.3 Å². The van der Waals surface area contributed by atoms with Gasteiger partial charge in [0, 0.05) is 42.3 Å². The molecule has 1 aromatic heterocycles. The van der Waals surface area contributed by atoms with Crippen LogP contribution in [0.2, 0.25) is 0 Å². The van der Waals surface area contributed by atoms with Gasteiger partial charge in [0.2, 0.25) is 0 Å². The molecule has 0 radical (unpaired) electrons. The highest BCUT2D eigenvalue weighted by molar-refractivity contribution is 7.90. The molecule has 38 heavy (non-hydrogen) atoms. The number of benzene rings is 4. The molecular weight excluding hydrogens is 494 g/mol. The van der Waals surface area contributed by atoms with Gasteiger partial charge in [-0.1, -0.05) is 42.5 Å². The predicted molar refractivity (Wildman–Crippen MR) is 155 cm³/mol. The van der Waals surface area contributed by atoms with Gasteiger partial charge in [-0.2, -0.15) is 0 Å². The van der Waals surface area contributed by atoms with Gasteiger partial charge in [0.15, 0.2) is 0 Å². The molecule has 0 unspecified atom stereocenters. The molecule has 4 aromatic carbocycles. The van der Waals surface area contributed by atoms with E-state index < -0.39 is 9.84 Å². The Kier molecular flexibility index (Phi) is 7.67. The molecule has 5 rings (SSSR count). The minimum Gasteiger partial charge on any atom is -0.457 e. The quantitative estimate of drug-likeness (QED) is 0.202. The summed E-state index contributed by atoms with van der Waals surface area (Å²) in [7, 11) is -2.97. The smallest absolute Gasteiger partial charge is 0.148 e. The second-order valence-corrected chi connectivity index (χ2v) is 11.4. The molecule has 0 aliphatic heterocycles. The van der Waals surface area contributed by atoms with Crippen LogP contribution in [0.5, 0.6) is 11.5 Å². The average molecular weight is 524 g/mol. The molecule has 7 heteroatoms. The first-order valence-electron chi connectivity index (χ1n) is 12.4. The minimum atomic E-state index is -2.97. The first kappa shape index (κ1) is 25.4. The molecule has 0 saturated carbocycles. The van der Waals surface area contributed by atoms with Crippen molar-refractivity contribution < 1.29 is 13.2 Å². The largest absolute Gasteiger partial charge is 0.457 e. The Labute approximate surface area is 223 Å². The zero-order chi connectivity index (χ0) is 26.4. The Morgan fingerprint density at radius 2 is 1.55 bits per heavy atom. The highest BCUT2D eigenvalue weighted by Gasteiger charge is 2.08. The molecule has 0 spiro atoms. The van der Waals surface area contributed by atoms with Crippen molar-refractivity contribution in [3.63, 3.8) is 0 Å². The number of anilines is 2. The number of hydrogen-bond donors (Lipinski definition) is 2. The van der Waals surface area contributed by atoms with E-state index in [4.69, 9.17) is 4.74 Å². The number of nitrogens with one attached hydrogen (secondary N) is 2. The first-order valence-corrected chi connectivity index (χ1v) is 14.5. The maximum Gasteiger partial charge on any atom is 0.148 e. The lowest BCUT2D eigenvalue weighted by atomic mass is 10.0. The summed E-state index contributed by atoms with van der Waals surface area (Å²) in [5.74, 6) is 1.70. The van der Waals surface area contributed by atoms with Crippen molar-refractivity contribution in [3.8, 4) is 22.6 Å². The van der Waals surface area contributed by atoms with E-state index in [0.717, 1.165) is 50.5 Å². The van der Waals surface area contributed by atoms with Crippen LogP contribution in [0.1, 0.15) is 5.56 Å². The zero-order valence-corrected chi connectivity index (χ0v) is 21.9.